The Morgan fingerprint density at radius 1 is 1.50 bits per heavy atom. The monoisotopic (exact) mass is 163 g/mol. The summed E-state index contributed by atoms with van der Waals surface area (Å²) in [6.45, 7) is 5.13. The highest BCUT2D eigenvalue weighted by Gasteiger charge is 1.88. The molecule has 0 radical (unpaired) electrons. The fourth-order valence-electron chi connectivity index (χ4n) is 0.812. The van der Waals surface area contributed by atoms with Crippen LogP contribution in [0.1, 0.15) is 5.56 Å². The summed E-state index contributed by atoms with van der Waals surface area (Å²) in [5.74, 6) is 0. The van der Waals surface area contributed by atoms with Crippen molar-refractivity contribution in [2.75, 3.05) is 6.54 Å². The molecule has 0 aliphatic rings. The molecule has 0 atom stereocenters. The Balaban J connectivity index is 2.20. The van der Waals surface area contributed by atoms with E-state index in [1.807, 2.05) is 18.3 Å². The summed E-state index contributed by atoms with van der Waals surface area (Å²) in [6, 6.07) is 3.94. The van der Waals surface area contributed by atoms with Gasteiger partial charge in [0.2, 0.25) is 0 Å². The molecule has 12 heavy (non-hydrogen) atoms. The highest BCUT2D eigenvalue weighted by molar-refractivity contribution is 5.07. The SMILES string of the molecule is C=CCNNCc1cccnc1. The van der Waals surface area contributed by atoms with Crippen LogP contribution in [0.4, 0.5) is 0 Å². The predicted octanol–water partition coefficient (Wildman–Crippen LogP) is 0.862. The second-order valence-electron chi connectivity index (χ2n) is 2.38. The van der Waals surface area contributed by atoms with Crippen LogP contribution in [-0.2, 0) is 6.54 Å². The first-order valence-electron chi connectivity index (χ1n) is 3.89. The van der Waals surface area contributed by atoms with E-state index in [9.17, 15) is 0 Å². The van der Waals surface area contributed by atoms with E-state index in [2.05, 4.69) is 22.4 Å². The zero-order valence-electron chi connectivity index (χ0n) is 6.96. The predicted molar refractivity (Wildman–Crippen MR) is 49.3 cm³/mol. The van der Waals surface area contributed by atoms with Gasteiger partial charge in [-0.05, 0) is 11.6 Å². The summed E-state index contributed by atoms with van der Waals surface area (Å²) in [5.41, 5.74) is 7.19. The molecule has 1 heterocycles. The Morgan fingerprint density at radius 3 is 3.08 bits per heavy atom. The van der Waals surface area contributed by atoms with Gasteiger partial charge in [-0.25, -0.2) is 0 Å². The molecule has 0 saturated carbocycles. The molecule has 0 fully saturated rings. The number of hydrazine groups is 1. The van der Waals surface area contributed by atoms with Crippen LogP contribution in [0.15, 0.2) is 37.2 Å². The van der Waals surface area contributed by atoms with Crippen molar-refractivity contribution in [3.63, 3.8) is 0 Å². The highest BCUT2D eigenvalue weighted by Crippen LogP contribution is 1.92. The van der Waals surface area contributed by atoms with Crippen molar-refractivity contribution < 1.29 is 0 Å². The van der Waals surface area contributed by atoms with Gasteiger partial charge in [-0.1, -0.05) is 12.1 Å². The molecule has 1 rings (SSSR count). The summed E-state index contributed by atoms with van der Waals surface area (Å²) < 4.78 is 0. The van der Waals surface area contributed by atoms with Crippen LogP contribution in [0.3, 0.4) is 0 Å². The van der Waals surface area contributed by atoms with E-state index in [0.717, 1.165) is 18.7 Å². The van der Waals surface area contributed by atoms with E-state index in [-0.39, 0.29) is 0 Å². The van der Waals surface area contributed by atoms with Crippen LogP contribution < -0.4 is 10.9 Å². The van der Waals surface area contributed by atoms with E-state index in [0.29, 0.717) is 0 Å². The molecule has 0 aliphatic heterocycles. The van der Waals surface area contributed by atoms with Crippen molar-refractivity contribution in [1.29, 1.82) is 0 Å². The van der Waals surface area contributed by atoms with Gasteiger partial charge in [-0.15, -0.1) is 6.58 Å². The Kier molecular flexibility index (Phi) is 4.05. The molecule has 0 saturated heterocycles. The molecule has 0 bridgehead atoms. The minimum absolute atomic E-state index is 0.764. The molecule has 0 amide bonds. The summed E-state index contributed by atoms with van der Waals surface area (Å²) in [6.07, 6.45) is 5.40. The normalized spacial score (nSPS) is 9.67. The molecule has 0 spiro atoms. The van der Waals surface area contributed by atoms with Gasteiger partial charge < -0.3 is 0 Å². The first-order chi connectivity index (χ1) is 5.93. The number of nitrogens with zero attached hydrogens (tertiary/aromatic N) is 1. The summed E-state index contributed by atoms with van der Waals surface area (Å²) in [7, 11) is 0. The van der Waals surface area contributed by atoms with Crippen LogP contribution >= 0.6 is 0 Å². The topological polar surface area (TPSA) is 37.0 Å². The van der Waals surface area contributed by atoms with E-state index < -0.39 is 0 Å². The van der Waals surface area contributed by atoms with E-state index in [4.69, 9.17) is 0 Å². The molecule has 0 aliphatic carbocycles. The van der Waals surface area contributed by atoms with Crippen molar-refractivity contribution >= 4 is 0 Å². The number of nitrogens with one attached hydrogen (secondary N) is 2. The van der Waals surface area contributed by atoms with Gasteiger partial charge in [0.15, 0.2) is 0 Å². The van der Waals surface area contributed by atoms with Gasteiger partial charge in [0.25, 0.3) is 0 Å². The lowest BCUT2D eigenvalue weighted by atomic mass is 10.3. The maximum atomic E-state index is 4.00. The third-order valence-electron chi connectivity index (χ3n) is 1.39. The van der Waals surface area contributed by atoms with E-state index in [1.54, 1.807) is 12.3 Å². The van der Waals surface area contributed by atoms with Crippen molar-refractivity contribution in [2.45, 2.75) is 6.54 Å². The molecule has 3 nitrogen and oxygen atoms in total. The molecular weight excluding hydrogens is 150 g/mol. The van der Waals surface area contributed by atoms with Gasteiger partial charge >= 0.3 is 0 Å². The van der Waals surface area contributed by atoms with Crippen molar-refractivity contribution in [3.05, 3.63) is 42.7 Å². The Labute approximate surface area is 72.5 Å². The zero-order chi connectivity index (χ0) is 8.65. The minimum atomic E-state index is 0.764. The molecule has 2 N–H and O–H groups in total. The summed E-state index contributed by atoms with van der Waals surface area (Å²) in [5, 5.41) is 0. The van der Waals surface area contributed by atoms with Crippen molar-refractivity contribution in [2.24, 2.45) is 0 Å². The number of hydrogen-bond donors (Lipinski definition) is 2. The van der Waals surface area contributed by atoms with Crippen LogP contribution in [0, 0.1) is 0 Å². The first-order valence-corrected chi connectivity index (χ1v) is 3.89. The molecule has 0 unspecified atom stereocenters. The Bertz CT molecular complexity index is 220. The third-order valence-corrected chi connectivity index (χ3v) is 1.39. The fraction of sp³-hybridized carbons (Fsp3) is 0.222. The number of hydrogen-bond acceptors (Lipinski definition) is 3. The molecule has 1 aromatic heterocycles. The van der Waals surface area contributed by atoms with Crippen molar-refractivity contribution in [3.8, 4) is 0 Å². The highest BCUT2D eigenvalue weighted by atomic mass is 15.3. The molecule has 1 aromatic rings. The van der Waals surface area contributed by atoms with Crippen LogP contribution in [0.25, 0.3) is 0 Å². The number of rotatable bonds is 5. The van der Waals surface area contributed by atoms with Crippen LogP contribution in [0.2, 0.25) is 0 Å². The van der Waals surface area contributed by atoms with Gasteiger partial charge in [-0.2, -0.15) is 0 Å². The largest absolute Gasteiger partial charge is 0.264 e. The average molecular weight is 163 g/mol. The number of pyridine rings is 1. The van der Waals surface area contributed by atoms with E-state index >= 15 is 0 Å². The standard InChI is InChI=1S/C9H13N3/c1-2-5-11-12-8-9-4-3-6-10-7-9/h2-4,6-7,11-12H,1,5,8H2. The molecular formula is C9H13N3. The van der Waals surface area contributed by atoms with Gasteiger partial charge in [0.1, 0.15) is 0 Å². The quantitative estimate of drug-likeness (QED) is 0.384. The van der Waals surface area contributed by atoms with E-state index in [1.165, 1.54) is 0 Å². The van der Waals surface area contributed by atoms with Crippen LogP contribution in [-0.4, -0.2) is 11.5 Å². The van der Waals surface area contributed by atoms with Crippen molar-refractivity contribution in [1.82, 2.24) is 15.8 Å². The second-order valence-corrected chi connectivity index (χ2v) is 2.38. The van der Waals surface area contributed by atoms with Gasteiger partial charge in [-0.3, -0.25) is 15.8 Å². The molecule has 0 aromatic carbocycles. The lowest BCUT2D eigenvalue weighted by Gasteiger charge is -2.03. The molecule has 3 heteroatoms. The lowest BCUT2D eigenvalue weighted by Crippen LogP contribution is -2.30. The minimum Gasteiger partial charge on any atom is -0.264 e. The Hall–Kier alpha value is -1.19. The maximum absolute atomic E-state index is 4.00. The first kappa shape index (κ1) is 8.90. The number of aromatic nitrogens is 1. The van der Waals surface area contributed by atoms with Gasteiger partial charge in [0, 0.05) is 25.5 Å². The zero-order valence-corrected chi connectivity index (χ0v) is 6.96. The third kappa shape index (κ3) is 3.27. The summed E-state index contributed by atoms with van der Waals surface area (Å²) >= 11 is 0. The smallest absolute Gasteiger partial charge is 0.0366 e. The summed E-state index contributed by atoms with van der Waals surface area (Å²) in [4.78, 5) is 4.00. The average Bonchev–Trinajstić information content (AvgIpc) is 2.14. The molecule has 64 valence electrons. The van der Waals surface area contributed by atoms with Gasteiger partial charge in [0.05, 0.1) is 0 Å². The van der Waals surface area contributed by atoms with Crippen LogP contribution in [0.5, 0.6) is 0 Å². The fourth-order valence-corrected chi connectivity index (χ4v) is 0.812. The maximum Gasteiger partial charge on any atom is 0.0366 e. The Morgan fingerprint density at radius 2 is 2.42 bits per heavy atom. The lowest BCUT2D eigenvalue weighted by molar-refractivity contribution is 0.566. The second kappa shape index (κ2) is 5.46.